The summed E-state index contributed by atoms with van der Waals surface area (Å²) in [5.41, 5.74) is -0.823. The molecule has 78 valence electrons. The van der Waals surface area contributed by atoms with E-state index < -0.39 is 17.7 Å². The number of carbonyl (C=O) groups is 1. The van der Waals surface area contributed by atoms with Crippen LogP contribution in [-0.4, -0.2) is 28.6 Å². The van der Waals surface area contributed by atoms with Crippen molar-refractivity contribution in [3.63, 3.8) is 0 Å². The maximum atomic E-state index is 11.8. The van der Waals surface area contributed by atoms with Crippen molar-refractivity contribution in [2.75, 3.05) is 0 Å². The molecule has 1 N–H and O–H groups in total. The van der Waals surface area contributed by atoms with Gasteiger partial charge in [-0.1, -0.05) is 6.92 Å². The molecule has 2 saturated heterocycles. The molecule has 3 aliphatic rings. The Morgan fingerprint density at radius 2 is 2.21 bits per heavy atom. The van der Waals surface area contributed by atoms with E-state index in [1.807, 2.05) is 6.92 Å². The van der Waals surface area contributed by atoms with Gasteiger partial charge in [-0.2, -0.15) is 0 Å². The molecule has 0 aromatic rings. The van der Waals surface area contributed by atoms with Crippen LogP contribution in [-0.2, 0) is 14.3 Å². The Kier molecular flexibility index (Phi) is 1.39. The highest BCUT2D eigenvalue weighted by Crippen LogP contribution is 2.55. The molecule has 3 fully saturated rings. The van der Waals surface area contributed by atoms with Crippen molar-refractivity contribution < 1.29 is 19.4 Å². The van der Waals surface area contributed by atoms with Crippen LogP contribution in [0.1, 0.15) is 26.7 Å². The smallest absolute Gasteiger partial charge is 0.198 e. The zero-order chi connectivity index (χ0) is 10.1. The lowest BCUT2D eigenvalue weighted by atomic mass is 9.70. The van der Waals surface area contributed by atoms with Gasteiger partial charge in [0.2, 0.25) is 0 Å². The summed E-state index contributed by atoms with van der Waals surface area (Å²) in [7, 11) is 0. The monoisotopic (exact) mass is 198 g/mol. The molecular weight excluding hydrogens is 184 g/mol. The number of fused-ring (bicyclic) bond motifs is 2. The SMILES string of the molecule is C[C@H]1[C@@H]2O[C@]3(O)C[C@H]1C(=O)C[C@]3(C)O2. The van der Waals surface area contributed by atoms with Gasteiger partial charge >= 0.3 is 0 Å². The Labute approximate surface area is 82.2 Å². The van der Waals surface area contributed by atoms with Gasteiger partial charge in [-0.05, 0) is 6.92 Å². The van der Waals surface area contributed by atoms with Gasteiger partial charge in [-0.15, -0.1) is 0 Å². The van der Waals surface area contributed by atoms with Crippen molar-refractivity contribution in [2.45, 2.75) is 44.4 Å². The molecule has 5 atom stereocenters. The average molecular weight is 198 g/mol. The minimum atomic E-state index is -1.23. The van der Waals surface area contributed by atoms with E-state index in [1.165, 1.54) is 0 Å². The maximum Gasteiger partial charge on any atom is 0.198 e. The molecule has 4 nitrogen and oxygen atoms in total. The van der Waals surface area contributed by atoms with E-state index in [0.717, 1.165) is 0 Å². The van der Waals surface area contributed by atoms with Gasteiger partial charge in [0, 0.05) is 24.7 Å². The van der Waals surface area contributed by atoms with E-state index in [-0.39, 0.29) is 24.0 Å². The molecule has 1 saturated carbocycles. The van der Waals surface area contributed by atoms with Gasteiger partial charge in [-0.3, -0.25) is 4.79 Å². The van der Waals surface area contributed by atoms with Crippen molar-refractivity contribution in [2.24, 2.45) is 11.8 Å². The molecule has 0 amide bonds. The van der Waals surface area contributed by atoms with Crippen molar-refractivity contribution in [3.05, 3.63) is 0 Å². The van der Waals surface area contributed by atoms with Crippen LogP contribution in [0.15, 0.2) is 0 Å². The average Bonchev–Trinajstić information content (AvgIpc) is 2.26. The first-order valence-electron chi connectivity index (χ1n) is 5.06. The molecule has 0 unspecified atom stereocenters. The molecule has 3 bridgehead atoms. The molecule has 0 aromatic carbocycles. The van der Waals surface area contributed by atoms with Gasteiger partial charge < -0.3 is 14.6 Å². The number of ether oxygens (including phenoxy) is 2. The number of rotatable bonds is 0. The summed E-state index contributed by atoms with van der Waals surface area (Å²) in [5.74, 6) is -1.06. The quantitative estimate of drug-likeness (QED) is 0.613. The summed E-state index contributed by atoms with van der Waals surface area (Å²) in [6.45, 7) is 3.71. The first kappa shape index (κ1) is 8.83. The fraction of sp³-hybridized carbons (Fsp3) is 0.900. The number of carbonyl (C=O) groups excluding carboxylic acids is 1. The van der Waals surface area contributed by atoms with E-state index in [2.05, 4.69) is 0 Å². The van der Waals surface area contributed by atoms with Crippen LogP contribution in [0.5, 0.6) is 0 Å². The van der Waals surface area contributed by atoms with Gasteiger partial charge in [0.15, 0.2) is 12.1 Å². The third kappa shape index (κ3) is 0.782. The molecular formula is C10H14O4. The summed E-state index contributed by atoms with van der Waals surface area (Å²) in [6.07, 6.45) is 0.254. The summed E-state index contributed by atoms with van der Waals surface area (Å²) in [5, 5.41) is 10.2. The minimum absolute atomic E-state index is 0.0621. The summed E-state index contributed by atoms with van der Waals surface area (Å²) >= 11 is 0. The summed E-state index contributed by atoms with van der Waals surface area (Å²) in [6, 6.07) is 0. The first-order valence-corrected chi connectivity index (χ1v) is 5.06. The third-order valence-electron chi connectivity index (χ3n) is 4.00. The largest absolute Gasteiger partial charge is 0.363 e. The van der Waals surface area contributed by atoms with Crippen LogP contribution in [0.25, 0.3) is 0 Å². The number of ketones is 1. The second-order valence-electron chi connectivity index (χ2n) is 4.93. The molecule has 3 rings (SSSR count). The summed E-state index contributed by atoms with van der Waals surface area (Å²) in [4.78, 5) is 11.8. The van der Waals surface area contributed by atoms with Crippen LogP contribution in [0.3, 0.4) is 0 Å². The number of Topliss-reactive ketones (excluding diaryl/α,β-unsaturated/α-hetero) is 1. The minimum Gasteiger partial charge on any atom is -0.363 e. The van der Waals surface area contributed by atoms with E-state index in [9.17, 15) is 9.90 Å². The lowest BCUT2D eigenvalue weighted by Crippen LogP contribution is -2.58. The van der Waals surface area contributed by atoms with Crippen LogP contribution < -0.4 is 0 Å². The van der Waals surface area contributed by atoms with Gasteiger partial charge in [0.25, 0.3) is 0 Å². The predicted molar refractivity (Wildman–Crippen MR) is 46.2 cm³/mol. The van der Waals surface area contributed by atoms with Gasteiger partial charge in [0.1, 0.15) is 11.4 Å². The van der Waals surface area contributed by atoms with Crippen molar-refractivity contribution in [1.82, 2.24) is 0 Å². The van der Waals surface area contributed by atoms with E-state index >= 15 is 0 Å². The molecule has 2 aliphatic heterocycles. The van der Waals surface area contributed by atoms with Gasteiger partial charge in [0.05, 0.1) is 0 Å². The second kappa shape index (κ2) is 2.21. The first-order chi connectivity index (χ1) is 6.45. The Bertz CT molecular complexity index is 315. The Morgan fingerprint density at radius 1 is 1.50 bits per heavy atom. The Morgan fingerprint density at radius 3 is 2.93 bits per heavy atom. The van der Waals surface area contributed by atoms with Crippen molar-refractivity contribution >= 4 is 5.78 Å². The number of hydrogen-bond acceptors (Lipinski definition) is 4. The molecule has 4 heteroatoms. The van der Waals surface area contributed by atoms with Crippen LogP contribution in [0.2, 0.25) is 0 Å². The fourth-order valence-electron chi connectivity index (χ4n) is 2.89. The van der Waals surface area contributed by atoms with Crippen LogP contribution in [0.4, 0.5) is 0 Å². The highest BCUT2D eigenvalue weighted by atomic mass is 16.8. The zero-order valence-corrected chi connectivity index (χ0v) is 8.32. The van der Waals surface area contributed by atoms with Gasteiger partial charge in [-0.25, -0.2) is 0 Å². The van der Waals surface area contributed by atoms with Crippen molar-refractivity contribution in [3.8, 4) is 0 Å². The predicted octanol–water partition coefficient (Wildman–Crippen LogP) is 0.435. The van der Waals surface area contributed by atoms with E-state index in [0.29, 0.717) is 6.42 Å². The highest BCUT2D eigenvalue weighted by Gasteiger charge is 2.68. The second-order valence-corrected chi connectivity index (χ2v) is 4.93. The standard InChI is InChI=1S/C10H14O4/c1-5-6-3-10(12)9(2,4-7(6)11)13-8(5)14-10/h5-6,8,12H,3-4H2,1-2H3/t5-,6-,8+,9+,10-/m1/s1. The molecule has 1 aliphatic carbocycles. The Hall–Kier alpha value is -0.450. The van der Waals surface area contributed by atoms with E-state index in [4.69, 9.17) is 9.47 Å². The third-order valence-corrected chi connectivity index (χ3v) is 4.00. The lowest BCUT2D eigenvalue weighted by molar-refractivity contribution is -0.266. The van der Waals surface area contributed by atoms with E-state index in [1.54, 1.807) is 6.92 Å². The zero-order valence-electron chi connectivity index (χ0n) is 8.32. The van der Waals surface area contributed by atoms with Crippen LogP contribution >= 0.6 is 0 Å². The molecule has 14 heavy (non-hydrogen) atoms. The number of hydrogen-bond donors (Lipinski definition) is 1. The Balaban J connectivity index is 2.11. The topological polar surface area (TPSA) is 55.8 Å². The number of aliphatic hydroxyl groups is 1. The highest BCUT2D eigenvalue weighted by molar-refractivity contribution is 5.84. The normalized spacial score (nSPS) is 60.8. The lowest BCUT2D eigenvalue weighted by Gasteiger charge is -2.44. The summed E-state index contributed by atoms with van der Waals surface area (Å²) < 4.78 is 11.1. The maximum absolute atomic E-state index is 11.8. The molecule has 0 radical (unpaired) electrons. The fourth-order valence-corrected chi connectivity index (χ4v) is 2.89. The molecule has 0 spiro atoms. The van der Waals surface area contributed by atoms with Crippen LogP contribution in [0, 0.1) is 11.8 Å². The molecule has 0 aromatic heterocycles. The molecule has 2 heterocycles. The van der Waals surface area contributed by atoms with Crippen molar-refractivity contribution in [1.29, 1.82) is 0 Å².